The molecule has 0 aromatic rings. The third kappa shape index (κ3) is 0.548. The molecule has 1 atom stereocenters. The first-order valence-corrected chi connectivity index (χ1v) is 3.31. The van der Waals surface area contributed by atoms with E-state index in [2.05, 4.69) is 36.4 Å². The topological polar surface area (TPSA) is 0 Å². The van der Waals surface area contributed by atoms with Crippen molar-refractivity contribution in [2.45, 2.75) is 18.7 Å². The van der Waals surface area contributed by atoms with E-state index in [9.17, 15) is 0 Å². The van der Waals surface area contributed by atoms with E-state index in [0.717, 1.165) is 0 Å². The Morgan fingerprint density at radius 3 is 1.86 bits per heavy atom. The Morgan fingerprint density at radius 2 is 1.86 bits per heavy atom. The van der Waals surface area contributed by atoms with Crippen molar-refractivity contribution in [1.82, 2.24) is 0 Å². The minimum Gasteiger partial charge on any atom is -0.0981 e. The minimum absolute atomic E-state index is 0.389. The average Bonchev–Trinajstić information content (AvgIpc) is 1.91. The van der Waals surface area contributed by atoms with E-state index < -0.39 is 0 Å². The smallest absolute Gasteiger partial charge is 0.0446 e. The Hall–Kier alpha value is 0.220. The summed E-state index contributed by atoms with van der Waals surface area (Å²) >= 11 is 3.47. The van der Waals surface area contributed by atoms with Crippen LogP contribution in [0.5, 0.6) is 0 Å². The molecule has 0 bridgehead atoms. The van der Waals surface area contributed by atoms with Crippen molar-refractivity contribution in [2.75, 3.05) is 0 Å². The molecule has 40 valence electrons. The van der Waals surface area contributed by atoms with Crippen LogP contribution in [0.4, 0.5) is 0 Å². The van der Waals surface area contributed by atoms with Gasteiger partial charge in [-0.05, 0) is 0 Å². The predicted octanol–water partition coefficient (Wildman–Crippen LogP) is 2.35. The van der Waals surface area contributed by atoms with Gasteiger partial charge in [-0.1, -0.05) is 41.9 Å². The highest BCUT2D eigenvalue weighted by molar-refractivity contribution is 9.10. The standard InChI is InChI=1S/C6H9Br/c1-4-5(7)6(4,2)3/h5H,1H2,2-3H3. The van der Waals surface area contributed by atoms with E-state index in [1.54, 1.807) is 0 Å². The molecule has 1 saturated carbocycles. The van der Waals surface area contributed by atoms with Gasteiger partial charge in [-0.2, -0.15) is 0 Å². The summed E-state index contributed by atoms with van der Waals surface area (Å²) in [5.41, 5.74) is 1.72. The molecule has 0 N–H and O–H groups in total. The Labute approximate surface area is 52.7 Å². The van der Waals surface area contributed by atoms with Crippen LogP contribution in [0.25, 0.3) is 0 Å². The lowest BCUT2D eigenvalue weighted by atomic mass is 10.2. The van der Waals surface area contributed by atoms with E-state index in [4.69, 9.17) is 0 Å². The fourth-order valence-corrected chi connectivity index (χ4v) is 1.33. The fraction of sp³-hybridized carbons (Fsp3) is 0.667. The van der Waals surface area contributed by atoms with Gasteiger partial charge in [-0.3, -0.25) is 0 Å². The molecule has 0 aromatic heterocycles. The van der Waals surface area contributed by atoms with E-state index in [0.29, 0.717) is 10.2 Å². The summed E-state index contributed by atoms with van der Waals surface area (Å²) in [6, 6.07) is 0. The van der Waals surface area contributed by atoms with Gasteiger partial charge in [0.2, 0.25) is 0 Å². The Bertz CT molecular complexity index is 113. The summed E-state index contributed by atoms with van der Waals surface area (Å²) < 4.78 is 0. The lowest BCUT2D eigenvalue weighted by molar-refractivity contribution is 0.697. The molecule has 1 aliphatic rings. The molecule has 0 aromatic carbocycles. The van der Waals surface area contributed by atoms with Crippen LogP contribution in [0, 0.1) is 5.41 Å². The zero-order valence-electron chi connectivity index (χ0n) is 4.66. The van der Waals surface area contributed by atoms with Gasteiger partial charge in [0, 0.05) is 10.2 Å². The van der Waals surface area contributed by atoms with E-state index in [1.807, 2.05) is 0 Å². The van der Waals surface area contributed by atoms with Crippen LogP contribution in [0.2, 0.25) is 0 Å². The lowest BCUT2D eigenvalue weighted by Crippen LogP contribution is -1.84. The second-order valence-electron chi connectivity index (χ2n) is 2.61. The quantitative estimate of drug-likeness (QED) is 0.377. The molecule has 7 heavy (non-hydrogen) atoms. The highest BCUT2D eigenvalue weighted by Gasteiger charge is 2.48. The van der Waals surface area contributed by atoms with Crippen molar-refractivity contribution in [3.05, 3.63) is 12.2 Å². The molecule has 1 fully saturated rings. The molecule has 1 unspecified atom stereocenters. The van der Waals surface area contributed by atoms with Crippen LogP contribution in [-0.2, 0) is 0 Å². The van der Waals surface area contributed by atoms with E-state index in [1.165, 1.54) is 5.57 Å². The molecule has 0 radical (unpaired) electrons. The number of alkyl halides is 1. The fourth-order valence-electron chi connectivity index (χ4n) is 0.579. The average molecular weight is 161 g/mol. The Morgan fingerprint density at radius 1 is 1.71 bits per heavy atom. The van der Waals surface area contributed by atoms with Gasteiger partial charge in [0.15, 0.2) is 0 Å². The largest absolute Gasteiger partial charge is 0.0981 e. The highest BCUT2D eigenvalue weighted by Crippen LogP contribution is 2.55. The molecule has 0 aliphatic heterocycles. The first kappa shape index (κ1) is 5.36. The summed E-state index contributed by atoms with van der Waals surface area (Å²) in [6.45, 7) is 8.23. The third-order valence-corrected chi connectivity index (χ3v) is 3.38. The number of hydrogen-bond acceptors (Lipinski definition) is 0. The molecular formula is C6H9Br. The SMILES string of the molecule is C=C1C(Br)C1(C)C. The highest BCUT2D eigenvalue weighted by atomic mass is 79.9. The van der Waals surface area contributed by atoms with Gasteiger partial charge in [-0.15, -0.1) is 0 Å². The molecule has 0 spiro atoms. The van der Waals surface area contributed by atoms with Gasteiger partial charge in [0.05, 0.1) is 0 Å². The van der Waals surface area contributed by atoms with Crippen LogP contribution in [0.15, 0.2) is 12.2 Å². The van der Waals surface area contributed by atoms with Crippen LogP contribution >= 0.6 is 15.9 Å². The van der Waals surface area contributed by atoms with Crippen LogP contribution in [0.3, 0.4) is 0 Å². The second-order valence-corrected chi connectivity index (χ2v) is 3.53. The predicted molar refractivity (Wildman–Crippen MR) is 35.6 cm³/mol. The van der Waals surface area contributed by atoms with E-state index in [-0.39, 0.29) is 0 Å². The molecule has 1 aliphatic carbocycles. The number of allylic oxidation sites excluding steroid dienone is 1. The zero-order valence-corrected chi connectivity index (χ0v) is 6.25. The van der Waals surface area contributed by atoms with Crippen molar-refractivity contribution < 1.29 is 0 Å². The van der Waals surface area contributed by atoms with Gasteiger partial charge in [0.1, 0.15) is 0 Å². The molecule has 0 heterocycles. The first-order chi connectivity index (χ1) is 3.07. The Kier molecular flexibility index (Phi) is 0.869. The second kappa shape index (κ2) is 1.13. The summed E-state index contributed by atoms with van der Waals surface area (Å²) in [5.74, 6) is 0. The third-order valence-electron chi connectivity index (χ3n) is 1.68. The number of rotatable bonds is 0. The zero-order chi connectivity index (χ0) is 5.65. The van der Waals surface area contributed by atoms with Crippen LogP contribution < -0.4 is 0 Å². The van der Waals surface area contributed by atoms with Crippen molar-refractivity contribution in [2.24, 2.45) is 5.41 Å². The van der Waals surface area contributed by atoms with Gasteiger partial charge in [-0.25, -0.2) is 0 Å². The molecule has 0 nitrogen and oxygen atoms in total. The van der Waals surface area contributed by atoms with Crippen molar-refractivity contribution in [3.63, 3.8) is 0 Å². The van der Waals surface area contributed by atoms with Gasteiger partial charge in [0.25, 0.3) is 0 Å². The maximum absolute atomic E-state index is 3.85. The van der Waals surface area contributed by atoms with Crippen molar-refractivity contribution >= 4 is 15.9 Å². The van der Waals surface area contributed by atoms with E-state index >= 15 is 0 Å². The summed E-state index contributed by atoms with van der Waals surface area (Å²) in [6.07, 6.45) is 0. The van der Waals surface area contributed by atoms with Crippen LogP contribution in [0.1, 0.15) is 13.8 Å². The monoisotopic (exact) mass is 160 g/mol. The molecule has 0 saturated heterocycles. The maximum atomic E-state index is 3.85. The number of hydrogen-bond donors (Lipinski definition) is 0. The number of halogens is 1. The minimum atomic E-state index is 0.389. The molecular weight excluding hydrogens is 152 g/mol. The summed E-state index contributed by atoms with van der Waals surface area (Å²) in [5, 5.41) is 0. The first-order valence-electron chi connectivity index (χ1n) is 2.40. The summed E-state index contributed by atoms with van der Waals surface area (Å²) in [4.78, 5) is 0.583. The van der Waals surface area contributed by atoms with Gasteiger partial charge < -0.3 is 0 Å². The molecule has 1 heteroatoms. The Balaban J connectivity index is 2.70. The lowest BCUT2D eigenvalue weighted by Gasteiger charge is -1.90. The molecule has 0 amide bonds. The normalized spacial score (nSPS) is 35.9. The molecule has 1 rings (SSSR count). The van der Waals surface area contributed by atoms with Gasteiger partial charge >= 0.3 is 0 Å². The maximum Gasteiger partial charge on any atom is 0.0446 e. The van der Waals surface area contributed by atoms with Crippen LogP contribution in [-0.4, -0.2) is 4.83 Å². The van der Waals surface area contributed by atoms with Crippen molar-refractivity contribution in [1.29, 1.82) is 0 Å². The van der Waals surface area contributed by atoms with Crippen molar-refractivity contribution in [3.8, 4) is 0 Å². The summed E-state index contributed by atoms with van der Waals surface area (Å²) in [7, 11) is 0.